The van der Waals surface area contributed by atoms with E-state index in [0.717, 1.165) is 64.2 Å². The molecule has 8 heteroatoms. The lowest BCUT2D eigenvalue weighted by Crippen LogP contribution is -2.44. The fourth-order valence-electron chi connectivity index (χ4n) is 6.06. The number of aromatic amines is 1. The van der Waals surface area contributed by atoms with Crippen molar-refractivity contribution in [2.75, 3.05) is 13.1 Å². The number of rotatable bonds is 7. The number of ether oxygens (including phenoxy) is 1. The Bertz CT molecular complexity index is 1620. The summed E-state index contributed by atoms with van der Waals surface area (Å²) in [6.07, 6.45) is 4.43. The number of carbonyl (C=O) groups is 1. The number of morpholine rings is 1. The molecule has 4 heterocycles. The minimum atomic E-state index is -0.207. The Kier molecular flexibility index (Phi) is 8.16. The molecule has 5 rings (SSSR count). The first kappa shape index (κ1) is 28.8. The summed E-state index contributed by atoms with van der Waals surface area (Å²) in [6, 6.07) is 10.4. The zero-order chi connectivity index (χ0) is 29.4. The number of H-pyrrole nitrogens is 1. The summed E-state index contributed by atoms with van der Waals surface area (Å²) in [6.45, 7) is 17.0. The molecule has 4 aromatic rings. The number of nitrogens with one attached hydrogen (secondary N) is 2. The molecule has 1 aromatic carbocycles. The topological polar surface area (TPSA) is 92.2 Å². The molecule has 0 bridgehead atoms. The van der Waals surface area contributed by atoms with Crippen LogP contribution in [0, 0.1) is 20.8 Å². The van der Waals surface area contributed by atoms with Gasteiger partial charge >= 0.3 is 0 Å². The average Bonchev–Trinajstić information content (AvgIpc) is 3.24. The van der Waals surface area contributed by atoms with Crippen molar-refractivity contribution >= 4 is 16.8 Å². The fourth-order valence-corrected chi connectivity index (χ4v) is 6.06. The van der Waals surface area contributed by atoms with Crippen LogP contribution in [0.25, 0.3) is 22.0 Å². The highest BCUT2D eigenvalue weighted by molar-refractivity contribution is 6.09. The monoisotopic (exact) mass is 555 g/mol. The molecule has 2 N–H and O–H groups in total. The molecule has 216 valence electrons. The van der Waals surface area contributed by atoms with E-state index in [9.17, 15) is 9.59 Å². The number of aryl methyl sites for hydroxylation is 3. The van der Waals surface area contributed by atoms with Crippen LogP contribution in [0.2, 0.25) is 0 Å². The number of aromatic nitrogens is 3. The van der Waals surface area contributed by atoms with Crippen LogP contribution in [-0.4, -0.2) is 50.6 Å². The minimum Gasteiger partial charge on any atom is -0.373 e. The Morgan fingerprint density at radius 1 is 1.07 bits per heavy atom. The maximum atomic E-state index is 13.7. The molecule has 3 aromatic heterocycles. The Hall–Kier alpha value is -3.75. The predicted molar refractivity (Wildman–Crippen MR) is 163 cm³/mol. The number of amides is 1. The first-order valence-corrected chi connectivity index (χ1v) is 14.5. The Morgan fingerprint density at radius 2 is 1.80 bits per heavy atom. The number of pyridine rings is 2. The van der Waals surface area contributed by atoms with Crippen molar-refractivity contribution < 1.29 is 9.53 Å². The highest BCUT2D eigenvalue weighted by Gasteiger charge is 2.23. The van der Waals surface area contributed by atoms with Crippen LogP contribution >= 0.6 is 0 Å². The molecule has 41 heavy (non-hydrogen) atoms. The number of benzene rings is 1. The zero-order valence-electron chi connectivity index (χ0n) is 25.2. The van der Waals surface area contributed by atoms with Gasteiger partial charge in [-0.3, -0.25) is 19.5 Å². The molecule has 1 fully saturated rings. The number of nitrogens with zero attached hydrogens (tertiary/aromatic N) is 3. The van der Waals surface area contributed by atoms with Crippen molar-refractivity contribution in [1.29, 1.82) is 0 Å². The highest BCUT2D eigenvalue weighted by Crippen LogP contribution is 2.33. The fraction of sp³-hybridized carbons (Fsp3) is 0.424. The van der Waals surface area contributed by atoms with E-state index in [1.807, 2.05) is 39.1 Å². The number of hydrogen-bond acceptors (Lipinski definition) is 5. The summed E-state index contributed by atoms with van der Waals surface area (Å²) >= 11 is 0. The lowest BCUT2D eigenvalue weighted by Gasteiger charge is -2.35. The van der Waals surface area contributed by atoms with Crippen LogP contribution in [0.4, 0.5) is 0 Å². The predicted octanol–water partition coefficient (Wildman–Crippen LogP) is 5.44. The summed E-state index contributed by atoms with van der Waals surface area (Å²) < 4.78 is 8.08. The second-order valence-corrected chi connectivity index (χ2v) is 11.8. The molecule has 8 nitrogen and oxygen atoms in total. The minimum absolute atomic E-state index is 0.158. The largest absolute Gasteiger partial charge is 0.373 e. The quantitative estimate of drug-likeness (QED) is 0.317. The van der Waals surface area contributed by atoms with Gasteiger partial charge in [-0.1, -0.05) is 6.07 Å². The van der Waals surface area contributed by atoms with Gasteiger partial charge in [0.1, 0.15) is 0 Å². The van der Waals surface area contributed by atoms with Gasteiger partial charge in [0.05, 0.1) is 17.9 Å². The van der Waals surface area contributed by atoms with E-state index in [-0.39, 0.29) is 36.3 Å². The van der Waals surface area contributed by atoms with Crippen LogP contribution in [0.5, 0.6) is 0 Å². The van der Waals surface area contributed by atoms with Gasteiger partial charge in [0, 0.05) is 77.9 Å². The molecule has 1 saturated heterocycles. The Labute approximate surface area is 241 Å². The molecule has 0 radical (unpaired) electrons. The third kappa shape index (κ3) is 6.14. The maximum absolute atomic E-state index is 13.7. The van der Waals surface area contributed by atoms with Gasteiger partial charge in [0.25, 0.3) is 11.5 Å². The van der Waals surface area contributed by atoms with E-state index >= 15 is 0 Å². The SMILES string of the molecule is Cc1cc(C)c(CNC(=O)c2cc(-c3ccc(CN4C[C@@H](C)O[C@@H](C)C4)nc3)cc3c2c(C)cn3C(C)C)c(=O)[nH]1. The summed E-state index contributed by atoms with van der Waals surface area (Å²) in [7, 11) is 0. The van der Waals surface area contributed by atoms with Crippen LogP contribution in [-0.2, 0) is 17.8 Å². The van der Waals surface area contributed by atoms with Crippen molar-refractivity contribution in [2.45, 2.75) is 79.8 Å². The maximum Gasteiger partial charge on any atom is 0.253 e. The standard InChI is InChI=1S/C33H41N5O3/c1-19(2)38-15-21(4)31-28(32(39)35-14-29-20(3)10-22(5)36-33(29)40)11-26(12-30(31)38)25-8-9-27(34-13-25)18-37-16-23(6)41-24(7)17-37/h8-13,15,19,23-24H,14,16-18H2,1-7H3,(H,35,39)(H,36,40)/t23-,24+. The molecule has 0 spiro atoms. The summed E-state index contributed by atoms with van der Waals surface area (Å²) in [5, 5.41) is 3.94. The van der Waals surface area contributed by atoms with E-state index in [0.29, 0.717) is 11.1 Å². The summed E-state index contributed by atoms with van der Waals surface area (Å²) in [4.78, 5) is 36.3. The Balaban J connectivity index is 1.47. The lowest BCUT2D eigenvalue weighted by atomic mass is 9.98. The molecule has 1 amide bonds. The Morgan fingerprint density at radius 3 is 2.44 bits per heavy atom. The van der Waals surface area contributed by atoms with Crippen molar-refractivity contribution in [3.63, 3.8) is 0 Å². The highest BCUT2D eigenvalue weighted by atomic mass is 16.5. The van der Waals surface area contributed by atoms with Gasteiger partial charge in [0.2, 0.25) is 0 Å². The molecule has 0 aliphatic carbocycles. The van der Waals surface area contributed by atoms with Crippen molar-refractivity contribution in [1.82, 2.24) is 24.8 Å². The van der Waals surface area contributed by atoms with E-state index < -0.39 is 0 Å². The van der Waals surface area contributed by atoms with Crippen molar-refractivity contribution in [3.8, 4) is 11.1 Å². The number of carbonyl (C=O) groups excluding carboxylic acids is 1. The second kappa shape index (κ2) is 11.6. The molecule has 2 atom stereocenters. The summed E-state index contributed by atoms with van der Waals surface area (Å²) in [5.41, 5.74) is 7.59. The van der Waals surface area contributed by atoms with E-state index in [1.165, 1.54) is 0 Å². The third-order valence-electron chi connectivity index (χ3n) is 7.88. The molecule has 0 saturated carbocycles. The van der Waals surface area contributed by atoms with Gasteiger partial charge in [-0.25, -0.2) is 0 Å². The van der Waals surface area contributed by atoms with Crippen LogP contribution in [0.1, 0.15) is 72.2 Å². The van der Waals surface area contributed by atoms with Gasteiger partial charge in [-0.05, 0) is 89.4 Å². The molecule has 0 unspecified atom stereocenters. The van der Waals surface area contributed by atoms with Crippen LogP contribution in [0.15, 0.2) is 47.5 Å². The van der Waals surface area contributed by atoms with Gasteiger partial charge in [0.15, 0.2) is 0 Å². The number of hydrogen-bond donors (Lipinski definition) is 2. The van der Waals surface area contributed by atoms with Gasteiger partial charge in [-0.15, -0.1) is 0 Å². The summed E-state index contributed by atoms with van der Waals surface area (Å²) in [5.74, 6) is -0.207. The lowest BCUT2D eigenvalue weighted by molar-refractivity contribution is -0.0707. The van der Waals surface area contributed by atoms with Gasteiger partial charge in [-0.2, -0.15) is 0 Å². The molecular formula is C33H41N5O3. The van der Waals surface area contributed by atoms with Crippen molar-refractivity contribution in [2.24, 2.45) is 0 Å². The van der Waals surface area contributed by atoms with Crippen molar-refractivity contribution in [3.05, 3.63) is 86.7 Å². The second-order valence-electron chi connectivity index (χ2n) is 11.8. The first-order valence-electron chi connectivity index (χ1n) is 14.5. The molecular weight excluding hydrogens is 514 g/mol. The third-order valence-corrected chi connectivity index (χ3v) is 7.88. The number of fused-ring (bicyclic) bond motifs is 1. The molecule has 1 aliphatic heterocycles. The van der Waals surface area contributed by atoms with Gasteiger partial charge < -0.3 is 19.6 Å². The first-order chi connectivity index (χ1) is 19.5. The van der Waals surface area contributed by atoms with E-state index in [4.69, 9.17) is 9.72 Å². The van der Waals surface area contributed by atoms with E-state index in [2.05, 4.69) is 71.9 Å². The normalized spacial score (nSPS) is 17.9. The average molecular weight is 556 g/mol. The molecule has 1 aliphatic rings. The van der Waals surface area contributed by atoms with Crippen LogP contribution < -0.4 is 10.9 Å². The smallest absolute Gasteiger partial charge is 0.253 e. The zero-order valence-corrected chi connectivity index (χ0v) is 25.2. The van der Waals surface area contributed by atoms with Crippen LogP contribution in [0.3, 0.4) is 0 Å². The van der Waals surface area contributed by atoms with E-state index in [1.54, 1.807) is 0 Å².